The first-order chi connectivity index (χ1) is 15.4. The number of Topliss-reactive ketones (excluding diaryl/α,β-unsaturated/α-hetero) is 1. The number of fused-ring (bicyclic) bond motifs is 1. The van der Waals surface area contributed by atoms with Crippen molar-refractivity contribution in [1.29, 1.82) is 0 Å². The number of hydrogen-bond donors (Lipinski definition) is 0. The zero-order valence-corrected chi connectivity index (χ0v) is 18.5. The van der Waals surface area contributed by atoms with Crippen LogP contribution < -0.4 is 9.47 Å². The van der Waals surface area contributed by atoms with Crippen LogP contribution in [0.5, 0.6) is 11.5 Å². The van der Waals surface area contributed by atoms with Gasteiger partial charge in [-0.2, -0.15) is 5.10 Å². The number of hydrazone groups is 1. The Kier molecular flexibility index (Phi) is 5.77. The van der Waals surface area contributed by atoms with Crippen LogP contribution in [0.15, 0.2) is 65.8 Å². The Bertz CT molecular complexity index is 1210. The molecule has 0 N–H and O–H groups in total. The van der Waals surface area contributed by atoms with Crippen LogP contribution in [-0.2, 0) is 11.2 Å². The number of methoxy groups -OCH3 is 2. The maximum Gasteiger partial charge on any atom is 0.246 e. The van der Waals surface area contributed by atoms with Gasteiger partial charge in [0.15, 0.2) is 17.3 Å². The summed E-state index contributed by atoms with van der Waals surface area (Å²) in [5.41, 5.74) is 5.96. The molecule has 3 aromatic rings. The molecule has 1 amide bonds. The minimum absolute atomic E-state index is 0.0441. The van der Waals surface area contributed by atoms with E-state index < -0.39 is 0 Å². The van der Waals surface area contributed by atoms with E-state index in [1.807, 2.05) is 60.7 Å². The summed E-state index contributed by atoms with van der Waals surface area (Å²) in [5, 5.41) is 5.98. The highest BCUT2D eigenvalue weighted by molar-refractivity contribution is 6.15. The molecule has 3 aromatic carbocycles. The number of carbonyl (C=O) groups excluding carboxylic acids is 2. The maximum absolute atomic E-state index is 12.5. The Hall–Kier alpha value is -3.93. The summed E-state index contributed by atoms with van der Waals surface area (Å²) in [6, 6.07) is 19.2. The second-order valence-corrected chi connectivity index (χ2v) is 7.62. The summed E-state index contributed by atoms with van der Waals surface area (Å²) in [4.78, 5) is 24.1. The first-order valence-electron chi connectivity index (χ1n) is 10.2. The smallest absolute Gasteiger partial charge is 0.246 e. The van der Waals surface area contributed by atoms with Gasteiger partial charge in [0.1, 0.15) is 0 Å². The van der Waals surface area contributed by atoms with Crippen LogP contribution in [-0.4, -0.2) is 43.7 Å². The third-order valence-corrected chi connectivity index (χ3v) is 5.60. The third kappa shape index (κ3) is 3.99. The van der Waals surface area contributed by atoms with E-state index in [0.717, 1.165) is 27.8 Å². The number of hydrogen-bond acceptors (Lipinski definition) is 5. The standard InChI is InChI=1S/C26H24N2O4/c1-16(29)17-5-7-18(8-6-17)19-9-11-20(12-10-19)26-22-15-24(32-4)23(31-3)13-21(22)14-25(30)28(2)27-26/h5-13,15H,14H2,1-4H3. The first kappa shape index (κ1) is 21.3. The molecular weight excluding hydrogens is 404 g/mol. The van der Waals surface area contributed by atoms with Crippen LogP contribution in [0.3, 0.4) is 0 Å². The monoisotopic (exact) mass is 428 g/mol. The molecule has 0 bridgehead atoms. The molecular formula is C26H24N2O4. The molecule has 162 valence electrons. The van der Waals surface area contributed by atoms with Crippen molar-refractivity contribution < 1.29 is 19.1 Å². The van der Waals surface area contributed by atoms with Crippen molar-refractivity contribution in [3.05, 3.63) is 82.9 Å². The molecule has 1 aliphatic heterocycles. The quantitative estimate of drug-likeness (QED) is 0.567. The average Bonchev–Trinajstić information content (AvgIpc) is 2.93. The molecule has 0 aromatic heterocycles. The van der Waals surface area contributed by atoms with Crippen molar-refractivity contribution in [2.75, 3.05) is 21.3 Å². The van der Waals surface area contributed by atoms with Gasteiger partial charge in [0.2, 0.25) is 5.91 Å². The molecule has 0 unspecified atom stereocenters. The van der Waals surface area contributed by atoms with Crippen molar-refractivity contribution in [3.63, 3.8) is 0 Å². The molecule has 6 heteroatoms. The Balaban J connectivity index is 1.76. The predicted molar refractivity (Wildman–Crippen MR) is 124 cm³/mol. The molecule has 1 heterocycles. The molecule has 0 atom stereocenters. The fraction of sp³-hybridized carbons (Fsp3) is 0.192. The van der Waals surface area contributed by atoms with E-state index in [2.05, 4.69) is 5.10 Å². The highest BCUT2D eigenvalue weighted by Gasteiger charge is 2.24. The molecule has 0 saturated carbocycles. The highest BCUT2D eigenvalue weighted by atomic mass is 16.5. The number of ether oxygens (including phenoxy) is 2. The summed E-state index contributed by atoms with van der Waals surface area (Å²) in [5.74, 6) is 1.10. The predicted octanol–water partition coefficient (Wildman–Crippen LogP) is 4.34. The van der Waals surface area contributed by atoms with Crippen LogP contribution in [0.2, 0.25) is 0 Å². The number of rotatable bonds is 5. The minimum atomic E-state index is -0.101. The van der Waals surface area contributed by atoms with Crippen LogP contribution in [0.1, 0.15) is 34.0 Å². The normalized spacial score (nSPS) is 13.2. The van der Waals surface area contributed by atoms with E-state index in [9.17, 15) is 9.59 Å². The number of ketones is 1. The Labute approximate surface area is 187 Å². The maximum atomic E-state index is 12.5. The number of benzene rings is 3. The van der Waals surface area contributed by atoms with Crippen molar-refractivity contribution >= 4 is 17.4 Å². The van der Waals surface area contributed by atoms with Crippen LogP contribution in [0.25, 0.3) is 11.1 Å². The lowest BCUT2D eigenvalue weighted by atomic mass is 9.94. The number of nitrogens with zero attached hydrogens (tertiary/aromatic N) is 2. The lowest BCUT2D eigenvalue weighted by molar-refractivity contribution is -0.129. The first-order valence-corrected chi connectivity index (χ1v) is 10.2. The molecule has 4 rings (SSSR count). The largest absolute Gasteiger partial charge is 0.493 e. The Morgan fingerprint density at radius 3 is 1.97 bits per heavy atom. The van der Waals surface area contributed by atoms with Crippen molar-refractivity contribution in [1.82, 2.24) is 5.01 Å². The summed E-state index contributed by atoms with van der Waals surface area (Å²) < 4.78 is 10.9. The fourth-order valence-corrected chi connectivity index (χ4v) is 3.76. The van der Waals surface area contributed by atoms with Crippen molar-refractivity contribution in [3.8, 4) is 22.6 Å². The molecule has 6 nitrogen and oxygen atoms in total. The summed E-state index contributed by atoms with van der Waals surface area (Å²) in [7, 11) is 4.82. The SMILES string of the molecule is COc1cc2c(cc1OC)C(c1ccc(-c3ccc(C(C)=O)cc3)cc1)=NN(C)C(=O)C2. The highest BCUT2D eigenvalue weighted by Crippen LogP contribution is 2.34. The summed E-state index contributed by atoms with van der Waals surface area (Å²) >= 11 is 0. The van der Waals surface area contributed by atoms with Gasteiger partial charge in [-0.15, -0.1) is 0 Å². The van der Waals surface area contributed by atoms with Gasteiger partial charge in [-0.3, -0.25) is 9.59 Å². The number of carbonyl (C=O) groups is 2. The third-order valence-electron chi connectivity index (χ3n) is 5.60. The van der Waals surface area contributed by atoms with Crippen molar-refractivity contribution in [2.45, 2.75) is 13.3 Å². The zero-order valence-electron chi connectivity index (χ0n) is 18.5. The second kappa shape index (κ2) is 8.67. The molecule has 0 fully saturated rings. The zero-order chi connectivity index (χ0) is 22.8. The van der Waals surface area contributed by atoms with Crippen LogP contribution >= 0.6 is 0 Å². The molecule has 0 aliphatic carbocycles. The van der Waals surface area contributed by atoms with E-state index in [0.29, 0.717) is 22.8 Å². The van der Waals surface area contributed by atoms with Gasteiger partial charge in [0.25, 0.3) is 0 Å². The Morgan fingerprint density at radius 1 is 0.875 bits per heavy atom. The Morgan fingerprint density at radius 2 is 1.41 bits per heavy atom. The van der Waals surface area contributed by atoms with E-state index in [4.69, 9.17) is 9.47 Å². The van der Waals surface area contributed by atoms with Crippen molar-refractivity contribution in [2.24, 2.45) is 5.10 Å². The van der Waals surface area contributed by atoms with Gasteiger partial charge in [0, 0.05) is 23.7 Å². The number of likely N-dealkylation sites (N-methyl/N-ethyl adjacent to an activating group) is 1. The van der Waals surface area contributed by atoms with Crippen LogP contribution in [0, 0.1) is 0 Å². The minimum Gasteiger partial charge on any atom is -0.493 e. The fourth-order valence-electron chi connectivity index (χ4n) is 3.76. The molecule has 0 radical (unpaired) electrons. The molecule has 1 aliphatic rings. The van der Waals surface area contributed by atoms with Gasteiger partial charge in [0.05, 0.1) is 26.4 Å². The van der Waals surface area contributed by atoms with E-state index >= 15 is 0 Å². The van der Waals surface area contributed by atoms with E-state index in [-0.39, 0.29) is 18.1 Å². The van der Waals surface area contributed by atoms with Gasteiger partial charge in [-0.05, 0) is 35.7 Å². The summed E-state index contributed by atoms with van der Waals surface area (Å²) in [6.07, 6.45) is 0.222. The topological polar surface area (TPSA) is 68.2 Å². The lowest BCUT2D eigenvalue weighted by Crippen LogP contribution is -2.22. The van der Waals surface area contributed by atoms with Gasteiger partial charge in [-0.25, -0.2) is 5.01 Å². The second-order valence-electron chi connectivity index (χ2n) is 7.62. The lowest BCUT2D eigenvalue weighted by Gasteiger charge is -2.14. The van der Waals surface area contributed by atoms with E-state index in [1.54, 1.807) is 28.2 Å². The molecule has 0 saturated heterocycles. The summed E-state index contributed by atoms with van der Waals surface area (Å²) in [6.45, 7) is 1.56. The molecule has 32 heavy (non-hydrogen) atoms. The van der Waals surface area contributed by atoms with Crippen LogP contribution in [0.4, 0.5) is 0 Å². The number of amides is 1. The van der Waals surface area contributed by atoms with E-state index in [1.165, 1.54) is 5.01 Å². The van der Waals surface area contributed by atoms with Gasteiger partial charge in [-0.1, -0.05) is 48.5 Å². The van der Waals surface area contributed by atoms with Gasteiger partial charge >= 0.3 is 0 Å². The van der Waals surface area contributed by atoms with Gasteiger partial charge < -0.3 is 9.47 Å². The molecule has 0 spiro atoms. The average molecular weight is 428 g/mol.